The van der Waals surface area contributed by atoms with E-state index in [4.69, 9.17) is 9.47 Å². The Morgan fingerprint density at radius 1 is 1.21 bits per heavy atom. The first kappa shape index (κ1) is 24.2. The van der Waals surface area contributed by atoms with E-state index >= 15 is 0 Å². The summed E-state index contributed by atoms with van der Waals surface area (Å²) in [5, 5.41) is 25.0. The Morgan fingerprint density at radius 3 is 2.65 bits per heavy atom. The number of rotatable bonds is 7. The second kappa shape index (κ2) is 10.6. The summed E-state index contributed by atoms with van der Waals surface area (Å²) in [5.74, 6) is 0.332. The Morgan fingerprint density at radius 2 is 1.94 bits per heavy atom. The van der Waals surface area contributed by atoms with Gasteiger partial charge >= 0.3 is 6.09 Å². The van der Waals surface area contributed by atoms with Crippen molar-refractivity contribution in [1.82, 2.24) is 26.6 Å². The van der Waals surface area contributed by atoms with Gasteiger partial charge in [-0.1, -0.05) is 12.1 Å². The molecule has 3 fully saturated rings. The number of ether oxygens (including phenoxy) is 2. The molecule has 3 aliphatic rings. The highest BCUT2D eigenvalue weighted by Crippen LogP contribution is 2.23. The number of benzene rings is 1. The molecule has 0 unspecified atom stereocenters. The third-order valence-electron chi connectivity index (χ3n) is 6.80. The number of piperidine rings is 1. The number of piperazine rings is 1. The van der Waals surface area contributed by atoms with Crippen LogP contribution in [0.4, 0.5) is 4.79 Å². The fourth-order valence-corrected chi connectivity index (χ4v) is 4.77. The second-order valence-electron chi connectivity index (χ2n) is 9.07. The maximum atomic E-state index is 12.6. The molecule has 0 aromatic heterocycles. The van der Waals surface area contributed by atoms with E-state index in [0.717, 1.165) is 11.3 Å². The van der Waals surface area contributed by atoms with Gasteiger partial charge in [0.05, 0.1) is 13.2 Å². The molecule has 1 aromatic carbocycles. The molecule has 3 amide bonds. The van der Waals surface area contributed by atoms with Crippen LogP contribution in [0.1, 0.15) is 24.8 Å². The minimum atomic E-state index is -0.838. The third kappa shape index (κ3) is 5.43. The van der Waals surface area contributed by atoms with Crippen LogP contribution in [0.25, 0.3) is 0 Å². The molecule has 6 N–H and O–H groups in total. The molecular weight excluding hydrogens is 442 g/mol. The fraction of sp³-hybridized carbons (Fsp3) is 0.609. The number of β-amino-alcohol motifs (C(OH)–C–C–N with tert-alkyl or cyclic N) is 1. The summed E-state index contributed by atoms with van der Waals surface area (Å²) in [4.78, 5) is 37.5. The lowest BCUT2D eigenvalue weighted by Crippen LogP contribution is -2.71. The quantitative estimate of drug-likeness (QED) is 0.288. The molecule has 4 atom stereocenters. The number of aliphatic hydroxyl groups is 1. The molecule has 3 saturated heterocycles. The maximum absolute atomic E-state index is 12.6. The molecule has 11 heteroatoms. The van der Waals surface area contributed by atoms with Gasteiger partial charge in [-0.15, -0.1) is 0 Å². The van der Waals surface area contributed by atoms with Crippen molar-refractivity contribution in [2.45, 2.75) is 55.5 Å². The largest absolute Gasteiger partial charge is 0.497 e. The van der Waals surface area contributed by atoms with Crippen LogP contribution in [0, 0.1) is 0 Å². The first-order chi connectivity index (χ1) is 16.4. The molecule has 0 bridgehead atoms. The summed E-state index contributed by atoms with van der Waals surface area (Å²) >= 11 is 0. The average molecular weight is 476 g/mol. The van der Waals surface area contributed by atoms with Crippen LogP contribution in [0.3, 0.4) is 0 Å². The Kier molecular flexibility index (Phi) is 7.54. The van der Waals surface area contributed by atoms with E-state index in [1.807, 2.05) is 24.3 Å². The van der Waals surface area contributed by atoms with Crippen molar-refractivity contribution in [1.29, 1.82) is 0 Å². The molecule has 0 saturated carbocycles. The zero-order valence-corrected chi connectivity index (χ0v) is 19.3. The van der Waals surface area contributed by atoms with Crippen LogP contribution in [0.2, 0.25) is 0 Å². The molecule has 186 valence electrons. The highest BCUT2D eigenvalue weighted by molar-refractivity contribution is 5.99. The summed E-state index contributed by atoms with van der Waals surface area (Å²) in [6.45, 7) is 1.82. The van der Waals surface area contributed by atoms with Gasteiger partial charge in [-0.05, 0) is 56.5 Å². The lowest BCUT2D eigenvalue weighted by Gasteiger charge is -2.42. The summed E-state index contributed by atoms with van der Waals surface area (Å²) in [6, 6.07) is 6.63. The van der Waals surface area contributed by atoms with E-state index in [-0.39, 0.29) is 30.8 Å². The Hall–Kier alpha value is -2.89. The van der Waals surface area contributed by atoms with Gasteiger partial charge in [-0.3, -0.25) is 9.59 Å². The molecule has 0 radical (unpaired) electrons. The predicted molar refractivity (Wildman–Crippen MR) is 122 cm³/mol. The van der Waals surface area contributed by atoms with Crippen molar-refractivity contribution >= 4 is 17.9 Å². The molecule has 0 aliphatic carbocycles. The lowest BCUT2D eigenvalue weighted by molar-refractivity contribution is -0.142. The first-order valence-electron chi connectivity index (χ1n) is 11.7. The van der Waals surface area contributed by atoms with Gasteiger partial charge in [0.1, 0.15) is 29.5 Å². The van der Waals surface area contributed by atoms with E-state index in [0.29, 0.717) is 38.9 Å². The number of alkyl carbamates (subject to hydrolysis) is 1. The Bertz CT molecular complexity index is 888. The standard InChI is InChI=1S/C23H33N5O6/c1-33-15-4-2-14(3-5-15)12-17-19(18(29)13-26-17)34-22(32)25-9-6-16-20(30)28-23(21(31)27-16)7-10-24-11-8-23/h2-5,16-19,24,26,29H,6-13H2,1H3,(H,25,32)(H,27,31)(H,28,30)/t16-,17+,18-,19-/m0/s1. The van der Waals surface area contributed by atoms with Crippen molar-refractivity contribution in [2.75, 3.05) is 33.3 Å². The normalized spacial score (nSPS) is 28.2. The minimum Gasteiger partial charge on any atom is -0.497 e. The van der Waals surface area contributed by atoms with E-state index < -0.39 is 29.9 Å². The number of carbonyl (C=O) groups excluding carboxylic acids is 3. The number of methoxy groups -OCH3 is 1. The SMILES string of the molecule is COc1ccc(C[C@H]2NC[C@H](O)[C@H]2OC(=O)NCC[C@@H]2NC(=O)C3(CCNCC3)NC2=O)cc1. The highest BCUT2D eigenvalue weighted by Gasteiger charge is 2.46. The molecule has 4 rings (SSSR count). The second-order valence-corrected chi connectivity index (χ2v) is 9.07. The number of hydrogen-bond acceptors (Lipinski definition) is 8. The van der Waals surface area contributed by atoms with Crippen LogP contribution in [0.5, 0.6) is 5.75 Å². The Labute approximate surface area is 198 Å². The first-order valence-corrected chi connectivity index (χ1v) is 11.7. The van der Waals surface area contributed by atoms with Crippen LogP contribution < -0.4 is 31.3 Å². The van der Waals surface area contributed by atoms with Gasteiger partial charge in [0.25, 0.3) is 0 Å². The smallest absolute Gasteiger partial charge is 0.407 e. The summed E-state index contributed by atoms with van der Waals surface area (Å²) < 4.78 is 10.7. The molecule has 1 spiro atoms. The van der Waals surface area contributed by atoms with Crippen molar-refractivity contribution in [3.63, 3.8) is 0 Å². The lowest BCUT2D eigenvalue weighted by atomic mass is 9.84. The van der Waals surface area contributed by atoms with Crippen molar-refractivity contribution < 1.29 is 29.0 Å². The summed E-state index contributed by atoms with van der Waals surface area (Å²) in [7, 11) is 1.60. The summed E-state index contributed by atoms with van der Waals surface area (Å²) in [6.07, 6.45) is -0.288. The van der Waals surface area contributed by atoms with Crippen molar-refractivity contribution in [3.05, 3.63) is 29.8 Å². The van der Waals surface area contributed by atoms with Gasteiger partial charge in [0, 0.05) is 13.1 Å². The van der Waals surface area contributed by atoms with Gasteiger partial charge in [-0.2, -0.15) is 0 Å². The minimum absolute atomic E-state index is 0.144. The monoisotopic (exact) mass is 475 g/mol. The number of carbonyl (C=O) groups is 3. The zero-order chi connectivity index (χ0) is 24.1. The predicted octanol–water partition coefficient (Wildman–Crippen LogP) is -1.21. The van der Waals surface area contributed by atoms with Gasteiger partial charge in [0.2, 0.25) is 11.8 Å². The topological polar surface area (TPSA) is 150 Å². The van der Waals surface area contributed by atoms with Crippen LogP contribution in [0.15, 0.2) is 24.3 Å². The fourth-order valence-electron chi connectivity index (χ4n) is 4.77. The number of hydrogen-bond donors (Lipinski definition) is 6. The van der Waals surface area contributed by atoms with Gasteiger partial charge in [-0.25, -0.2) is 4.79 Å². The molecular formula is C23H33N5O6. The molecule has 1 aromatic rings. The molecule has 3 heterocycles. The summed E-state index contributed by atoms with van der Waals surface area (Å²) in [5.41, 5.74) is 0.183. The van der Waals surface area contributed by atoms with Crippen LogP contribution in [-0.2, 0) is 20.7 Å². The third-order valence-corrected chi connectivity index (χ3v) is 6.80. The zero-order valence-electron chi connectivity index (χ0n) is 19.3. The van der Waals surface area contributed by atoms with Crippen LogP contribution in [-0.4, -0.2) is 86.1 Å². The van der Waals surface area contributed by atoms with Crippen LogP contribution >= 0.6 is 0 Å². The molecule has 11 nitrogen and oxygen atoms in total. The highest BCUT2D eigenvalue weighted by atomic mass is 16.6. The number of aliphatic hydroxyl groups excluding tert-OH is 1. The van der Waals surface area contributed by atoms with Crippen molar-refractivity contribution in [2.24, 2.45) is 0 Å². The van der Waals surface area contributed by atoms with E-state index in [9.17, 15) is 19.5 Å². The van der Waals surface area contributed by atoms with Gasteiger partial charge < -0.3 is 41.2 Å². The molecule has 34 heavy (non-hydrogen) atoms. The van der Waals surface area contributed by atoms with Gasteiger partial charge in [0.15, 0.2) is 0 Å². The van der Waals surface area contributed by atoms with E-state index in [2.05, 4.69) is 26.6 Å². The maximum Gasteiger partial charge on any atom is 0.407 e. The van der Waals surface area contributed by atoms with Crippen molar-refractivity contribution in [3.8, 4) is 5.75 Å². The molecule has 3 aliphatic heterocycles. The van der Waals surface area contributed by atoms with E-state index in [1.165, 1.54) is 0 Å². The average Bonchev–Trinajstić information content (AvgIpc) is 3.17. The Balaban J connectivity index is 1.23. The van der Waals surface area contributed by atoms with E-state index in [1.54, 1.807) is 7.11 Å². The number of amides is 3. The number of nitrogens with one attached hydrogen (secondary N) is 5.